The molecule has 30 heavy (non-hydrogen) atoms. The van der Waals surface area contributed by atoms with Gasteiger partial charge in [-0.15, -0.1) is 0 Å². The number of hydrogen-bond donors (Lipinski definition) is 1. The third-order valence-electron chi connectivity index (χ3n) is 10.1. The molecule has 1 heterocycles. The Morgan fingerprint density at radius 3 is 2.40 bits per heavy atom. The number of β-amino-alcohol motifs (C(OH)–C–C–N with tert-alkyl or cyclic N) is 1. The fourth-order valence-electron chi connectivity index (χ4n) is 8.54. The molecule has 0 aromatic carbocycles. The van der Waals surface area contributed by atoms with Crippen molar-refractivity contribution in [3.63, 3.8) is 0 Å². The average molecular weight is 419 g/mol. The number of piperidine rings is 1. The predicted octanol–water partition coefficient (Wildman–Crippen LogP) is 3.70. The number of fused-ring (bicyclic) bond motifs is 5. The molecule has 0 aromatic heterocycles. The minimum Gasteiger partial charge on any atom is -0.395 e. The maximum atomic E-state index is 13.3. The first-order valence-corrected chi connectivity index (χ1v) is 12.5. The van der Waals surface area contributed by atoms with Gasteiger partial charge >= 0.3 is 0 Å². The molecule has 170 valence electrons. The van der Waals surface area contributed by atoms with Gasteiger partial charge in [0.05, 0.1) is 6.61 Å². The number of likely N-dealkylation sites (tertiary alicyclic amines) is 1. The summed E-state index contributed by atoms with van der Waals surface area (Å²) < 4.78 is 0. The molecule has 5 heteroatoms. The van der Waals surface area contributed by atoms with Crippen molar-refractivity contribution in [1.82, 2.24) is 9.80 Å². The third kappa shape index (κ3) is 3.13. The molecule has 0 spiro atoms. The molecule has 3 aliphatic carbocycles. The summed E-state index contributed by atoms with van der Waals surface area (Å²) in [4.78, 5) is 30.0. The molecule has 6 unspecified atom stereocenters. The van der Waals surface area contributed by atoms with Crippen molar-refractivity contribution in [2.45, 2.75) is 85.1 Å². The van der Waals surface area contributed by atoms with Crippen LogP contribution in [-0.2, 0) is 9.59 Å². The van der Waals surface area contributed by atoms with E-state index in [-0.39, 0.29) is 35.3 Å². The molecule has 0 radical (unpaired) electrons. The Hall–Kier alpha value is -1.10. The van der Waals surface area contributed by atoms with E-state index in [0.717, 1.165) is 38.8 Å². The van der Waals surface area contributed by atoms with Crippen molar-refractivity contribution in [3.8, 4) is 0 Å². The molecule has 4 aliphatic rings. The molecule has 2 amide bonds. The zero-order valence-electron chi connectivity index (χ0n) is 19.5. The van der Waals surface area contributed by atoms with E-state index in [1.807, 2.05) is 9.80 Å². The first-order chi connectivity index (χ1) is 14.3. The van der Waals surface area contributed by atoms with E-state index in [2.05, 4.69) is 27.7 Å². The fourth-order valence-corrected chi connectivity index (χ4v) is 8.54. The Labute approximate surface area is 182 Å². The zero-order valence-corrected chi connectivity index (χ0v) is 19.5. The summed E-state index contributed by atoms with van der Waals surface area (Å²) in [6.45, 7) is 11.2. The standard InChI is InChI=1S/C25H42N2O3/c1-5-26(6-2)23(30)20-9-8-18-17-7-10-21-25(4,19(17)11-13-24(18,20)3)14-12-22(29)27(21)15-16-28/h17-21,28H,5-16H2,1-4H3/t17?,18?,19?,20-,21?,24?,25?/m1/s1. The molecular formula is C25H42N2O3. The molecule has 1 aliphatic heterocycles. The van der Waals surface area contributed by atoms with Crippen LogP contribution in [0.3, 0.4) is 0 Å². The van der Waals surface area contributed by atoms with Gasteiger partial charge in [0, 0.05) is 38.0 Å². The van der Waals surface area contributed by atoms with Crippen molar-refractivity contribution in [3.05, 3.63) is 0 Å². The van der Waals surface area contributed by atoms with Crippen LogP contribution in [0.5, 0.6) is 0 Å². The summed E-state index contributed by atoms with van der Waals surface area (Å²) in [5.74, 6) is 2.78. The second kappa shape index (κ2) is 8.11. The molecule has 3 saturated carbocycles. The molecule has 4 rings (SSSR count). The highest BCUT2D eigenvalue weighted by molar-refractivity contribution is 5.80. The Balaban J connectivity index is 1.58. The molecule has 1 N–H and O–H groups in total. The molecule has 0 bridgehead atoms. The average Bonchev–Trinajstić information content (AvgIpc) is 3.08. The van der Waals surface area contributed by atoms with Crippen molar-refractivity contribution < 1.29 is 14.7 Å². The minimum atomic E-state index is 0.0578. The van der Waals surface area contributed by atoms with Crippen molar-refractivity contribution in [2.24, 2.45) is 34.5 Å². The monoisotopic (exact) mass is 418 g/mol. The van der Waals surface area contributed by atoms with Gasteiger partial charge in [-0.1, -0.05) is 13.8 Å². The molecule has 7 atom stereocenters. The summed E-state index contributed by atoms with van der Waals surface area (Å²) in [6.07, 6.45) is 8.42. The van der Waals surface area contributed by atoms with Crippen molar-refractivity contribution in [2.75, 3.05) is 26.2 Å². The summed E-state index contributed by atoms with van der Waals surface area (Å²) in [6, 6.07) is 0.283. The van der Waals surface area contributed by atoms with Gasteiger partial charge in [-0.25, -0.2) is 0 Å². The first kappa shape index (κ1) is 22.1. The van der Waals surface area contributed by atoms with E-state index in [0.29, 0.717) is 36.6 Å². The predicted molar refractivity (Wildman–Crippen MR) is 118 cm³/mol. The lowest BCUT2D eigenvalue weighted by Gasteiger charge is -2.62. The Bertz CT molecular complexity index is 677. The lowest BCUT2D eigenvalue weighted by Crippen LogP contribution is -2.62. The molecule has 0 aromatic rings. The van der Waals surface area contributed by atoms with E-state index in [1.54, 1.807) is 0 Å². The molecule has 4 fully saturated rings. The topological polar surface area (TPSA) is 60.9 Å². The smallest absolute Gasteiger partial charge is 0.226 e. The lowest BCUT2D eigenvalue weighted by molar-refractivity contribution is -0.164. The summed E-state index contributed by atoms with van der Waals surface area (Å²) in [5.41, 5.74) is 0.299. The van der Waals surface area contributed by atoms with Crippen LogP contribution in [0.2, 0.25) is 0 Å². The van der Waals surface area contributed by atoms with Crippen LogP contribution in [0.4, 0.5) is 0 Å². The van der Waals surface area contributed by atoms with Gasteiger partial charge in [-0.3, -0.25) is 9.59 Å². The second-order valence-corrected chi connectivity index (χ2v) is 11.0. The Morgan fingerprint density at radius 1 is 1.03 bits per heavy atom. The van der Waals surface area contributed by atoms with Crippen LogP contribution in [0.1, 0.15) is 79.1 Å². The van der Waals surface area contributed by atoms with Gasteiger partial charge in [-0.2, -0.15) is 0 Å². The summed E-state index contributed by atoms with van der Waals surface area (Å²) in [5, 5.41) is 9.54. The highest BCUT2D eigenvalue weighted by Gasteiger charge is 2.62. The van der Waals surface area contributed by atoms with Gasteiger partial charge in [0.15, 0.2) is 0 Å². The van der Waals surface area contributed by atoms with Crippen LogP contribution < -0.4 is 0 Å². The summed E-state index contributed by atoms with van der Waals surface area (Å²) in [7, 11) is 0. The lowest BCUT2D eigenvalue weighted by atomic mass is 9.46. The van der Waals surface area contributed by atoms with E-state index >= 15 is 0 Å². The molecular weight excluding hydrogens is 376 g/mol. The van der Waals surface area contributed by atoms with E-state index in [4.69, 9.17) is 0 Å². The van der Waals surface area contributed by atoms with Gasteiger partial charge in [0.1, 0.15) is 0 Å². The molecule has 1 saturated heterocycles. The Morgan fingerprint density at radius 2 is 1.73 bits per heavy atom. The van der Waals surface area contributed by atoms with E-state index < -0.39 is 0 Å². The number of aliphatic hydroxyl groups excluding tert-OH is 1. The summed E-state index contributed by atoms with van der Waals surface area (Å²) >= 11 is 0. The largest absolute Gasteiger partial charge is 0.395 e. The number of rotatable bonds is 5. The maximum absolute atomic E-state index is 13.3. The quantitative estimate of drug-likeness (QED) is 0.741. The Kier molecular flexibility index (Phi) is 5.97. The number of carbonyl (C=O) groups is 2. The number of amides is 2. The van der Waals surface area contributed by atoms with E-state index in [9.17, 15) is 14.7 Å². The molecule has 5 nitrogen and oxygen atoms in total. The number of nitrogens with zero attached hydrogens (tertiary/aromatic N) is 2. The second-order valence-electron chi connectivity index (χ2n) is 11.0. The van der Waals surface area contributed by atoms with E-state index in [1.165, 1.54) is 19.3 Å². The third-order valence-corrected chi connectivity index (χ3v) is 10.1. The minimum absolute atomic E-state index is 0.0578. The fraction of sp³-hybridized carbons (Fsp3) is 0.920. The van der Waals surface area contributed by atoms with Crippen LogP contribution >= 0.6 is 0 Å². The van der Waals surface area contributed by atoms with Crippen molar-refractivity contribution >= 4 is 11.8 Å². The zero-order chi connectivity index (χ0) is 21.7. The number of hydrogen-bond acceptors (Lipinski definition) is 3. The van der Waals surface area contributed by atoms with Crippen LogP contribution in [0.15, 0.2) is 0 Å². The number of carbonyl (C=O) groups excluding carboxylic acids is 2. The SMILES string of the molecule is CCN(CC)C(=O)[C@H]1CCC2C3CCC4N(CCO)C(=O)CCC4(C)C3CCC21C. The highest BCUT2D eigenvalue weighted by atomic mass is 16.3. The normalized spacial score (nSPS) is 43.0. The highest BCUT2D eigenvalue weighted by Crippen LogP contribution is 2.66. The number of aliphatic hydroxyl groups is 1. The van der Waals surface area contributed by atoms with Gasteiger partial charge < -0.3 is 14.9 Å². The van der Waals surface area contributed by atoms with Gasteiger partial charge in [0.25, 0.3) is 0 Å². The van der Waals surface area contributed by atoms with Gasteiger partial charge in [0.2, 0.25) is 11.8 Å². The van der Waals surface area contributed by atoms with Crippen molar-refractivity contribution in [1.29, 1.82) is 0 Å². The van der Waals surface area contributed by atoms with Crippen LogP contribution in [0, 0.1) is 34.5 Å². The first-order valence-electron chi connectivity index (χ1n) is 12.5. The van der Waals surface area contributed by atoms with Crippen LogP contribution in [-0.4, -0.2) is 59.0 Å². The maximum Gasteiger partial charge on any atom is 0.226 e. The van der Waals surface area contributed by atoms with Gasteiger partial charge in [-0.05, 0) is 87.4 Å². The van der Waals surface area contributed by atoms with Crippen LogP contribution in [0.25, 0.3) is 0 Å².